The highest BCUT2D eigenvalue weighted by Gasteiger charge is 2.46. The number of thiophene rings is 1. The van der Waals surface area contributed by atoms with Crippen LogP contribution in [0.1, 0.15) is 64.3 Å². The Labute approximate surface area is 281 Å². The molecule has 0 amide bonds. The highest BCUT2D eigenvalue weighted by molar-refractivity contribution is 7.80. The van der Waals surface area contributed by atoms with Crippen LogP contribution in [0, 0.1) is 13.8 Å². The van der Waals surface area contributed by atoms with Crippen molar-refractivity contribution in [2.24, 2.45) is 0 Å². The van der Waals surface area contributed by atoms with Crippen molar-refractivity contribution in [2.45, 2.75) is 89.5 Å². The Morgan fingerprint density at radius 2 is 1.04 bits per heavy atom. The Kier molecular flexibility index (Phi) is 10.6. The fourth-order valence-corrected chi connectivity index (χ4v) is 11.1. The maximum atomic E-state index is 14.1. The van der Waals surface area contributed by atoms with E-state index in [1.54, 1.807) is 6.92 Å². The predicted molar refractivity (Wildman–Crippen MR) is 168 cm³/mol. The summed E-state index contributed by atoms with van der Waals surface area (Å²) in [4.78, 5) is 0.846. The number of halogens is 12. The van der Waals surface area contributed by atoms with Crippen LogP contribution < -0.4 is 15.9 Å². The highest BCUT2D eigenvalue weighted by Crippen LogP contribution is 2.48. The third kappa shape index (κ3) is 8.51. The van der Waals surface area contributed by atoms with Crippen molar-refractivity contribution in [3.8, 4) is 0 Å². The topological polar surface area (TPSA) is 18.5 Å². The Balaban J connectivity index is 2.12. The van der Waals surface area contributed by atoms with Crippen molar-refractivity contribution in [1.29, 1.82) is 0 Å². The second-order valence-corrected chi connectivity index (χ2v) is 21.7. The molecule has 1 aliphatic heterocycles. The molecule has 2 heterocycles. The first-order valence-electron chi connectivity index (χ1n) is 14.8. The smallest absolute Gasteiger partial charge is 0.411 e. The predicted octanol–water partition coefficient (Wildman–Crippen LogP) is 10.7. The van der Waals surface area contributed by atoms with Gasteiger partial charge in [-0.3, -0.25) is 0 Å². The highest BCUT2D eigenvalue weighted by atomic mass is 32.1. The normalized spacial score (nSPS) is 18.5. The van der Waals surface area contributed by atoms with Crippen molar-refractivity contribution in [1.82, 2.24) is 0 Å². The average Bonchev–Trinajstić information content (AvgIpc) is 3.47. The van der Waals surface area contributed by atoms with Gasteiger partial charge in [-0.1, -0.05) is 20.8 Å². The lowest BCUT2D eigenvalue weighted by Crippen LogP contribution is -2.45. The molecule has 0 spiro atoms. The van der Waals surface area contributed by atoms with Gasteiger partial charge in [-0.2, -0.15) is 52.7 Å². The van der Waals surface area contributed by atoms with Gasteiger partial charge >= 0.3 is 24.7 Å². The fraction of sp³-hybridized carbons (Fsp3) is 0.500. The van der Waals surface area contributed by atoms with E-state index in [0.717, 1.165) is 11.3 Å². The number of hydrogen-bond donors (Lipinski definition) is 0. The fourth-order valence-electron chi connectivity index (χ4n) is 5.42. The molecule has 0 aliphatic carbocycles. The van der Waals surface area contributed by atoms with Gasteiger partial charge in [0.25, 0.3) is 0 Å². The van der Waals surface area contributed by atoms with Gasteiger partial charge in [-0.15, -0.1) is 11.3 Å². The summed E-state index contributed by atoms with van der Waals surface area (Å²) in [7, 11) is -5.41. The summed E-state index contributed by atoms with van der Waals surface area (Å²) in [5, 5.41) is -1.65. The van der Waals surface area contributed by atoms with E-state index in [0.29, 0.717) is 39.6 Å². The van der Waals surface area contributed by atoms with E-state index in [9.17, 15) is 52.7 Å². The van der Waals surface area contributed by atoms with Gasteiger partial charge in [0.05, 0.1) is 41.6 Å². The van der Waals surface area contributed by atoms with Crippen LogP contribution >= 0.6 is 19.3 Å². The maximum Gasteiger partial charge on any atom is 0.416 e. The Bertz CT molecular complexity index is 1540. The molecule has 0 N–H and O–H groups in total. The first kappa shape index (κ1) is 39.6. The summed E-state index contributed by atoms with van der Waals surface area (Å²) in [5.41, 5.74) is -6.62. The van der Waals surface area contributed by atoms with Gasteiger partial charge < -0.3 is 9.16 Å². The molecule has 0 unspecified atom stereocenters. The zero-order valence-corrected chi connectivity index (χ0v) is 30.0. The van der Waals surface area contributed by atoms with Crippen molar-refractivity contribution < 1.29 is 61.8 Å². The van der Waals surface area contributed by atoms with E-state index in [1.165, 1.54) is 6.92 Å². The molecule has 0 radical (unpaired) electrons. The lowest BCUT2D eigenvalue weighted by molar-refractivity contribution is -0.144. The van der Waals surface area contributed by atoms with E-state index in [1.807, 2.05) is 33.9 Å². The van der Waals surface area contributed by atoms with Crippen LogP contribution in [0.4, 0.5) is 52.7 Å². The van der Waals surface area contributed by atoms with Crippen molar-refractivity contribution in [3.63, 3.8) is 0 Å². The van der Waals surface area contributed by atoms with Gasteiger partial charge in [0.1, 0.15) is 0 Å². The number of alkyl halides is 12. The van der Waals surface area contributed by atoms with Gasteiger partial charge in [-0.25, -0.2) is 0 Å². The molecule has 1 saturated heterocycles. The lowest BCUT2D eigenvalue weighted by atomic mass is 9.96. The molecule has 4 rings (SSSR count). The van der Waals surface area contributed by atoms with E-state index in [-0.39, 0.29) is 35.7 Å². The zero-order chi connectivity index (χ0) is 37.3. The number of rotatable bonds is 6. The summed E-state index contributed by atoms with van der Waals surface area (Å²) in [5.74, 6) is -0.667. The van der Waals surface area contributed by atoms with Crippen molar-refractivity contribution in [3.05, 3.63) is 74.0 Å². The SMILES string of the molecule is Cc1sc(C)c(P(c2cc(C(F)(F)F)cc(C(F)(F)F)c2)c2cc(C(F)(F)F)cc(C(F)(F)F)c2)c1[C@H]1COC[C@@H]1O[Si](C)(C)C(C)(C)C. The second kappa shape index (κ2) is 13.1. The molecule has 17 heteroatoms. The molecular formula is C32H33F12O2PSSi. The minimum absolute atomic E-state index is 0.000734. The Morgan fingerprint density at radius 1 is 0.653 bits per heavy atom. The Hall–Kier alpha value is -2.13. The van der Waals surface area contributed by atoms with E-state index < -0.39 is 85.8 Å². The molecule has 1 fully saturated rings. The number of ether oxygens (including phenoxy) is 1. The molecule has 49 heavy (non-hydrogen) atoms. The van der Waals surface area contributed by atoms with Crippen LogP contribution in [0.15, 0.2) is 36.4 Å². The van der Waals surface area contributed by atoms with Gasteiger partial charge in [0, 0.05) is 21.0 Å². The first-order valence-corrected chi connectivity index (χ1v) is 19.8. The van der Waals surface area contributed by atoms with Gasteiger partial charge in [0.15, 0.2) is 8.32 Å². The number of hydrogen-bond acceptors (Lipinski definition) is 3. The van der Waals surface area contributed by atoms with Crippen LogP contribution in [0.25, 0.3) is 0 Å². The summed E-state index contributed by atoms with van der Waals surface area (Å²) in [6, 6.07) is 1.23. The van der Waals surface area contributed by atoms with E-state index >= 15 is 0 Å². The molecule has 1 aliphatic rings. The number of aryl methyl sites for hydroxylation is 2. The molecule has 2 nitrogen and oxygen atoms in total. The molecular weight excluding hydrogens is 735 g/mol. The summed E-state index contributed by atoms with van der Waals surface area (Å²) < 4.78 is 181. The summed E-state index contributed by atoms with van der Waals surface area (Å²) in [6.07, 6.45) is -22.0. The minimum atomic E-state index is -5.33. The van der Waals surface area contributed by atoms with E-state index in [2.05, 4.69) is 0 Å². The lowest BCUT2D eigenvalue weighted by Gasteiger charge is -2.39. The Morgan fingerprint density at radius 3 is 1.39 bits per heavy atom. The van der Waals surface area contributed by atoms with Crippen molar-refractivity contribution >= 4 is 43.5 Å². The standard InChI is InChI=1S/C32H33F12O2PSSi/c1-16-26(24-14-45-15-25(24)46-49(6,7)28(3,4)5)27(17(2)48-16)47(22-10-18(29(33,34)35)8-19(11-22)30(36,37)38)23-12-20(31(39,40)41)9-21(13-23)32(42,43)44/h8-13,24-25H,14-15H2,1-7H3/t24-,25-/m0/s1. The molecule has 2 aromatic carbocycles. The second-order valence-electron chi connectivity index (χ2n) is 13.4. The van der Waals surface area contributed by atoms with Crippen LogP contribution in [-0.2, 0) is 33.9 Å². The monoisotopic (exact) mass is 768 g/mol. The zero-order valence-electron chi connectivity index (χ0n) is 27.2. The minimum Gasteiger partial charge on any atom is -0.411 e. The average molecular weight is 769 g/mol. The quantitative estimate of drug-likeness (QED) is 0.141. The maximum absolute atomic E-state index is 14.1. The van der Waals surface area contributed by atoms with Gasteiger partial charge in [-0.05, 0) is 92.5 Å². The van der Waals surface area contributed by atoms with Crippen molar-refractivity contribution in [2.75, 3.05) is 13.2 Å². The number of benzene rings is 2. The summed E-state index contributed by atoms with van der Waals surface area (Å²) in [6.45, 7) is 13.1. The van der Waals surface area contributed by atoms with Gasteiger partial charge in [0.2, 0.25) is 0 Å². The summed E-state index contributed by atoms with van der Waals surface area (Å²) >= 11 is 1.09. The molecule has 272 valence electrons. The van der Waals surface area contributed by atoms with Crippen LogP contribution in [-0.4, -0.2) is 27.6 Å². The van der Waals surface area contributed by atoms with Crippen LogP contribution in [0.3, 0.4) is 0 Å². The molecule has 0 bridgehead atoms. The first-order chi connectivity index (χ1) is 22.0. The molecule has 0 saturated carbocycles. The molecule has 3 aromatic rings. The van der Waals surface area contributed by atoms with Crippen LogP contribution in [0.5, 0.6) is 0 Å². The van der Waals surface area contributed by atoms with Crippen LogP contribution in [0.2, 0.25) is 18.1 Å². The largest absolute Gasteiger partial charge is 0.416 e. The third-order valence-corrected chi connectivity index (χ3v) is 17.1. The molecule has 2 atom stereocenters. The van der Waals surface area contributed by atoms with E-state index in [4.69, 9.17) is 9.16 Å². The molecule has 1 aromatic heterocycles. The third-order valence-electron chi connectivity index (χ3n) is 8.81.